The highest BCUT2D eigenvalue weighted by Gasteiger charge is 2.22. The van der Waals surface area contributed by atoms with Crippen molar-refractivity contribution in [2.45, 2.75) is 20.1 Å². The van der Waals surface area contributed by atoms with Gasteiger partial charge in [0.1, 0.15) is 22.8 Å². The molecule has 0 radical (unpaired) electrons. The Bertz CT molecular complexity index is 1610. The van der Waals surface area contributed by atoms with E-state index in [1.54, 1.807) is 30.9 Å². The summed E-state index contributed by atoms with van der Waals surface area (Å²) in [7, 11) is 1.63. The van der Waals surface area contributed by atoms with Crippen LogP contribution in [0.4, 0.5) is 14.5 Å². The summed E-state index contributed by atoms with van der Waals surface area (Å²) >= 11 is 0. The summed E-state index contributed by atoms with van der Waals surface area (Å²) in [6.07, 6.45) is 7.61. The molecule has 0 fully saturated rings. The van der Waals surface area contributed by atoms with Crippen LogP contribution in [0.15, 0.2) is 55.2 Å². The van der Waals surface area contributed by atoms with Crippen molar-refractivity contribution < 1.29 is 28.2 Å². The lowest BCUT2D eigenvalue weighted by Gasteiger charge is -2.13. The highest BCUT2D eigenvalue weighted by Crippen LogP contribution is 2.39. The molecule has 12 nitrogen and oxygen atoms in total. The molecule has 4 heterocycles. The number of fused-ring (bicyclic) bond motifs is 1. The van der Waals surface area contributed by atoms with Crippen LogP contribution in [-0.4, -0.2) is 58.4 Å². The quantitative estimate of drug-likeness (QED) is 0.300. The third kappa shape index (κ3) is 4.88. The van der Waals surface area contributed by atoms with Gasteiger partial charge in [0.2, 0.25) is 0 Å². The smallest absolute Gasteiger partial charge is 0.387 e. The van der Waals surface area contributed by atoms with Gasteiger partial charge in [0.15, 0.2) is 11.4 Å². The second kappa shape index (κ2) is 10.3. The van der Waals surface area contributed by atoms with Crippen LogP contribution in [0.1, 0.15) is 16.1 Å². The lowest BCUT2D eigenvalue weighted by atomic mass is 10.1. The average Bonchev–Trinajstić information content (AvgIpc) is 3.58. The molecule has 0 spiro atoms. The molecule has 0 aliphatic rings. The fraction of sp³-hybridized carbons (Fsp3) is 0.208. The van der Waals surface area contributed by atoms with Crippen LogP contribution in [0.2, 0.25) is 0 Å². The van der Waals surface area contributed by atoms with Crippen molar-refractivity contribution in [3.8, 4) is 28.5 Å². The molecule has 0 saturated carbocycles. The molecule has 14 heteroatoms. The summed E-state index contributed by atoms with van der Waals surface area (Å²) < 4.78 is 41.6. The van der Waals surface area contributed by atoms with Crippen LogP contribution in [0.5, 0.6) is 17.2 Å². The number of aryl methyl sites for hydroxylation is 1. The molecule has 5 aromatic rings. The number of alkyl halides is 2. The van der Waals surface area contributed by atoms with Gasteiger partial charge in [-0.25, -0.2) is 9.50 Å². The number of aliphatic hydroxyl groups is 1. The normalized spacial score (nSPS) is 11.3. The van der Waals surface area contributed by atoms with Gasteiger partial charge in [-0.1, -0.05) is 0 Å². The number of carbonyl (C=O) groups excluding carboxylic acids is 1. The van der Waals surface area contributed by atoms with Crippen molar-refractivity contribution in [3.63, 3.8) is 0 Å². The van der Waals surface area contributed by atoms with Gasteiger partial charge in [-0.05, 0) is 31.2 Å². The van der Waals surface area contributed by atoms with E-state index >= 15 is 0 Å². The predicted octanol–water partition coefficient (Wildman–Crippen LogP) is 3.27. The van der Waals surface area contributed by atoms with Gasteiger partial charge in [-0.15, -0.1) is 0 Å². The van der Waals surface area contributed by atoms with E-state index in [1.807, 2.05) is 0 Å². The minimum absolute atomic E-state index is 0.0920. The molecule has 5 rings (SSSR count). The first kappa shape index (κ1) is 24.8. The summed E-state index contributed by atoms with van der Waals surface area (Å²) in [6.45, 7) is -1.12. The first-order valence-electron chi connectivity index (χ1n) is 11.4. The maximum Gasteiger partial charge on any atom is 0.387 e. The zero-order valence-corrected chi connectivity index (χ0v) is 20.2. The first-order chi connectivity index (χ1) is 18.3. The number of anilines is 1. The Hall–Kier alpha value is -4.85. The van der Waals surface area contributed by atoms with Crippen LogP contribution in [0, 0.1) is 6.92 Å². The van der Waals surface area contributed by atoms with Crippen LogP contribution >= 0.6 is 0 Å². The fourth-order valence-corrected chi connectivity index (χ4v) is 3.89. The van der Waals surface area contributed by atoms with Gasteiger partial charge in [0.25, 0.3) is 5.91 Å². The van der Waals surface area contributed by atoms with Crippen LogP contribution in [-0.2, 0) is 13.6 Å². The topological polar surface area (TPSA) is 134 Å². The number of amides is 1. The van der Waals surface area contributed by atoms with Crippen LogP contribution in [0.3, 0.4) is 0 Å². The highest BCUT2D eigenvalue weighted by atomic mass is 19.3. The van der Waals surface area contributed by atoms with E-state index in [9.17, 15) is 18.7 Å². The number of benzene rings is 1. The molecule has 0 atom stereocenters. The molecule has 0 bridgehead atoms. The number of nitrogens with one attached hydrogen (secondary N) is 1. The summed E-state index contributed by atoms with van der Waals surface area (Å²) in [5, 5.41) is 24.6. The van der Waals surface area contributed by atoms with Crippen molar-refractivity contribution >= 4 is 17.2 Å². The molecule has 38 heavy (non-hydrogen) atoms. The Morgan fingerprint density at radius 2 is 2.05 bits per heavy atom. The van der Waals surface area contributed by atoms with Crippen molar-refractivity contribution in [1.29, 1.82) is 0 Å². The Kier molecular flexibility index (Phi) is 6.70. The second-order valence-electron chi connectivity index (χ2n) is 8.14. The molecule has 2 N–H and O–H groups in total. The predicted molar refractivity (Wildman–Crippen MR) is 130 cm³/mol. The maximum atomic E-state index is 13.2. The third-order valence-electron chi connectivity index (χ3n) is 5.62. The van der Waals surface area contributed by atoms with E-state index in [2.05, 4.69) is 25.6 Å². The van der Waals surface area contributed by atoms with E-state index in [0.717, 1.165) is 0 Å². The van der Waals surface area contributed by atoms with Crippen LogP contribution in [0.25, 0.3) is 16.9 Å². The minimum Gasteiger partial charge on any atom is -0.454 e. The van der Waals surface area contributed by atoms with Crippen molar-refractivity contribution in [1.82, 2.24) is 34.2 Å². The molecular formula is C24H22F2N8O4. The molecule has 196 valence electrons. The van der Waals surface area contributed by atoms with Gasteiger partial charge in [0, 0.05) is 25.6 Å². The van der Waals surface area contributed by atoms with E-state index in [4.69, 9.17) is 9.47 Å². The Balaban J connectivity index is 1.51. The Morgan fingerprint density at radius 1 is 1.21 bits per heavy atom. The van der Waals surface area contributed by atoms with Crippen molar-refractivity contribution in [2.24, 2.45) is 7.05 Å². The number of halogens is 2. The molecule has 1 aromatic carbocycles. The average molecular weight is 524 g/mol. The van der Waals surface area contributed by atoms with E-state index in [0.29, 0.717) is 29.4 Å². The van der Waals surface area contributed by atoms with E-state index in [-0.39, 0.29) is 34.9 Å². The molecular weight excluding hydrogens is 502 g/mol. The van der Waals surface area contributed by atoms with Gasteiger partial charge >= 0.3 is 6.61 Å². The zero-order valence-electron chi connectivity index (χ0n) is 20.2. The zero-order chi connectivity index (χ0) is 26.8. The maximum absolute atomic E-state index is 13.2. The van der Waals surface area contributed by atoms with Crippen LogP contribution < -0.4 is 14.8 Å². The lowest BCUT2D eigenvalue weighted by Crippen LogP contribution is -2.12. The molecule has 4 aromatic heterocycles. The monoisotopic (exact) mass is 524 g/mol. The number of hydrogen-bond acceptors (Lipinski definition) is 8. The Labute approximate surface area is 214 Å². The lowest BCUT2D eigenvalue weighted by molar-refractivity contribution is -0.0494. The number of nitrogens with zero attached hydrogens (tertiary/aromatic N) is 7. The number of hydrogen-bond donors (Lipinski definition) is 2. The molecule has 1 amide bonds. The number of aromatic nitrogens is 7. The summed E-state index contributed by atoms with van der Waals surface area (Å²) in [5.41, 5.74) is 1.83. The SMILES string of the molecule is Cc1c(Oc2ccc(OC(F)F)c(-c3nn(C)cc3NC(=O)c3cnn4cccnc34)c2)cnn1CCO. The third-order valence-corrected chi connectivity index (χ3v) is 5.62. The number of carbonyl (C=O) groups is 1. The fourth-order valence-electron chi connectivity index (χ4n) is 3.89. The van der Waals surface area contributed by atoms with E-state index in [1.165, 1.54) is 52.2 Å². The minimum atomic E-state index is -3.09. The van der Waals surface area contributed by atoms with Crippen molar-refractivity contribution in [3.05, 3.63) is 66.5 Å². The second-order valence-corrected chi connectivity index (χ2v) is 8.14. The van der Waals surface area contributed by atoms with E-state index < -0.39 is 12.5 Å². The number of ether oxygens (including phenoxy) is 2. The first-order valence-corrected chi connectivity index (χ1v) is 11.4. The summed E-state index contributed by atoms with van der Waals surface area (Å²) in [4.78, 5) is 17.3. The highest BCUT2D eigenvalue weighted by molar-refractivity contribution is 6.09. The summed E-state index contributed by atoms with van der Waals surface area (Å²) in [6, 6.07) is 5.96. The number of aliphatic hydroxyl groups excluding tert-OH is 1. The van der Waals surface area contributed by atoms with Gasteiger partial charge in [-0.3, -0.25) is 14.2 Å². The summed E-state index contributed by atoms with van der Waals surface area (Å²) in [5.74, 6) is 0.0422. The largest absolute Gasteiger partial charge is 0.454 e. The van der Waals surface area contributed by atoms with Gasteiger partial charge < -0.3 is 19.9 Å². The van der Waals surface area contributed by atoms with Crippen molar-refractivity contribution in [2.75, 3.05) is 11.9 Å². The number of rotatable bonds is 9. The molecule has 0 aliphatic carbocycles. The molecule has 0 aliphatic heterocycles. The molecule has 0 saturated heterocycles. The standard InChI is InChI=1S/C24H22F2N8O4/c1-14-20(12-29-33(14)8-9-35)37-15-4-5-19(38-24(25)26)16(10-15)21-18(13-32(2)31-21)30-23(36)17-11-28-34-7-3-6-27-22(17)34/h3-7,10-13,24,35H,8-9H2,1-2H3,(H,30,36). The van der Waals surface area contributed by atoms with Gasteiger partial charge in [0.05, 0.1) is 42.5 Å². The van der Waals surface area contributed by atoms with Gasteiger partial charge in [-0.2, -0.15) is 24.1 Å². The molecule has 0 unspecified atom stereocenters. The Morgan fingerprint density at radius 3 is 2.84 bits per heavy atom.